The predicted octanol–water partition coefficient (Wildman–Crippen LogP) is 5.12. The highest BCUT2D eigenvalue weighted by Gasteiger charge is 2.15. The number of benzene rings is 3. The molecule has 0 atom stereocenters. The topological polar surface area (TPSA) is 96.5 Å². The van der Waals surface area contributed by atoms with Crippen LogP contribution in [-0.2, 0) is 11.3 Å². The van der Waals surface area contributed by atoms with E-state index in [0.29, 0.717) is 35.5 Å². The summed E-state index contributed by atoms with van der Waals surface area (Å²) in [6, 6.07) is 21.4. The second-order valence-electron chi connectivity index (χ2n) is 8.24. The predicted molar refractivity (Wildman–Crippen MR) is 139 cm³/mol. The Labute approximate surface area is 205 Å². The molecule has 0 unspecified atom stereocenters. The van der Waals surface area contributed by atoms with Crippen LogP contribution in [0.2, 0.25) is 0 Å². The number of nitrogen functional groups attached to an aromatic ring is 1. The third-order valence-electron chi connectivity index (χ3n) is 5.37. The Hall–Kier alpha value is -4.45. The molecule has 0 aliphatic heterocycles. The van der Waals surface area contributed by atoms with E-state index in [1.807, 2.05) is 31.2 Å². The number of esters is 1. The van der Waals surface area contributed by atoms with Crippen LogP contribution in [0, 0.1) is 12.3 Å². The van der Waals surface area contributed by atoms with Gasteiger partial charge in [0.1, 0.15) is 11.6 Å². The molecule has 35 heavy (non-hydrogen) atoms. The summed E-state index contributed by atoms with van der Waals surface area (Å²) in [5.41, 5.74) is 9.98. The van der Waals surface area contributed by atoms with Crippen molar-refractivity contribution in [3.63, 3.8) is 0 Å². The van der Waals surface area contributed by atoms with Crippen LogP contribution in [0.15, 0.2) is 91.0 Å². The lowest BCUT2D eigenvalue weighted by molar-refractivity contribution is -0.127. The summed E-state index contributed by atoms with van der Waals surface area (Å²) in [6.07, 6.45) is 3.51. The second-order valence-corrected chi connectivity index (χ2v) is 8.24. The van der Waals surface area contributed by atoms with Crippen molar-refractivity contribution in [3.8, 4) is 5.75 Å². The summed E-state index contributed by atoms with van der Waals surface area (Å²) < 4.78 is 5.38. The van der Waals surface area contributed by atoms with Crippen molar-refractivity contribution in [1.29, 1.82) is 5.41 Å². The Morgan fingerprint density at radius 1 is 0.971 bits per heavy atom. The third-order valence-corrected chi connectivity index (χ3v) is 5.37. The van der Waals surface area contributed by atoms with E-state index in [1.165, 1.54) is 5.56 Å². The van der Waals surface area contributed by atoms with Crippen molar-refractivity contribution in [2.75, 3.05) is 6.54 Å². The van der Waals surface area contributed by atoms with Crippen LogP contribution < -0.4 is 10.5 Å². The van der Waals surface area contributed by atoms with Gasteiger partial charge in [-0.15, -0.1) is 6.58 Å². The molecule has 3 aromatic rings. The molecule has 0 aromatic heterocycles. The molecule has 0 saturated carbocycles. The molecular formula is C29H29N3O3. The molecule has 178 valence electrons. The lowest BCUT2D eigenvalue weighted by Crippen LogP contribution is -2.31. The van der Waals surface area contributed by atoms with Crippen molar-refractivity contribution in [2.24, 2.45) is 5.73 Å². The standard InChI is InChI=1S/C29H29N3O3/c1-4-17-32(19-23-7-5-20(2)6-8-23)28(33)21(3)18-22-9-11-25(12-10-22)29(34)35-26-15-13-24(14-16-26)27(30)31/h4-16,18H,1,17,19H2,2-3H3,(H3,30,31)/b21-18+. The normalized spacial score (nSPS) is 11.0. The van der Waals surface area contributed by atoms with Crippen LogP contribution in [0.3, 0.4) is 0 Å². The van der Waals surface area contributed by atoms with Crippen LogP contribution in [0.4, 0.5) is 0 Å². The Bertz CT molecular complexity index is 1240. The summed E-state index contributed by atoms with van der Waals surface area (Å²) in [5, 5.41) is 7.42. The average molecular weight is 468 g/mol. The number of nitrogens with zero attached hydrogens (tertiary/aromatic N) is 1. The molecule has 0 aliphatic rings. The molecule has 6 nitrogen and oxygen atoms in total. The van der Waals surface area contributed by atoms with Gasteiger partial charge in [-0.3, -0.25) is 10.2 Å². The molecule has 6 heteroatoms. The number of ether oxygens (including phenoxy) is 1. The third kappa shape index (κ3) is 7.01. The van der Waals surface area contributed by atoms with Crippen molar-refractivity contribution in [3.05, 3.63) is 119 Å². The summed E-state index contributed by atoms with van der Waals surface area (Å²) in [5.74, 6) is -0.272. The summed E-state index contributed by atoms with van der Waals surface area (Å²) in [7, 11) is 0. The summed E-state index contributed by atoms with van der Waals surface area (Å²) in [6.45, 7) is 8.52. The van der Waals surface area contributed by atoms with Gasteiger partial charge in [0.05, 0.1) is 5.56 Å². The molecule has 3 N–H and O–H groups in total. The fourth-order valence-electron chi connectivity index (χ4n) is 3.43. The van der Waals surface area contributed by atoms with E-state index in [-0.39, 0.29) is 11.7 Å². The van der Waals surface area contributed by atoms with Crippen LogP contribution in [0.5, 0.6) is 5.75 Å². The van der Waals surface area contributed by atoms with E-state index < -0.39 is 5.97 Å². The van der Waals surface area contributed by atoms with Gasteiger partial charge < -0.3 is 15.4 Å². The Morgan fingerprint density at radius 3 is 2.14 bits per heavy atom. The zero-order valence-corrected chi connectivity index (χ0v) is 20.0. The Kier molecular flexibility index (Phi) is 8.35. The van der Waals surface area contributed by atoms with Crippen molar-refractivity contribution in [2.45, 2.75) is 20.4 Å². The first-order valence-electron chi connectivity index (χ1n) is 11.2. The van der Waals surface area contributed by atoms with Gasteiger partial charge in [0.15, 0.2) is 0 Å². The van der Waals surface area contributed by atoms with E-state index in [9.17, 15) is 9.59 Å². The van der Waals surface area contributed by atoms with Crippen LogP contribution >= 0.6 is 0 Å². The van der Waals surface area contributed by atoms with E-state index in [0.717, 1.165) is 11.1 Å². The molecule has 0 fully saturated rings. The smallest absolute Gasteiger partial charge is 0.343 e. The first-order chi connectivity index (χ1) is 16.8. The first kappa shape index (κ1) is 25.2. The largest absolute Gasteiger partial charge is 0.423 e. The maximum absolute atomic E-state index is 13.1. The number of amides is 1. The molecule has 0 spiro atoms. The number of rotatable bonds is 9. The summed E-state index contributed by atoms with van der Waals surface area (Å²) >= 11 is 0. The van der Waals surface area contributed by atoms with Gasteiger partial charge in [-0.25, -0.2) is 4.79 Å². The van der Waals surface area contributed by atoms with Crippen LogP contribution in [0.1, 0.15) is 39.5 Å². The Morgan fingerprint density at radius 2 is 1.57 bits per heavy atom. The van der Waals surface area contributed by atoms with Gasteiger partial charge in [-0.2, -0.15) is 0 Å². The fraction of sp³-hybridized carbons (Fsp3) is 0.138. The molecule has 0 bridgehead atoms. The first-order valence-corrected chi connectivity index (χ1v) is 11.2. The number of nitrogens with two attached hydrogens (primary N) is 1. The molecule has 1 amide bonds. The molecule has 0 aliphatic carbocycles. The highest BCUT2D eigenvalue weighted by atomic mass is 16.5. The SMILES string of the molecule is C=CCN(Cc1ccc(C)cc1)C(=O)/C(C)=C/c1ccc(C(=O)Oc2ccc(C(=N)N)cc2)cc1. The number of nitrogens with one attached hydrogen (secondary N) is 1. The van der Waals surface area contributed by atoms with Crippen molar-refractivity contribution in [1.82, 2.24) is 4.90 Å². The van der Waals surface area contributed by atoms with Gasteiger partial charge in [0, 0.05) is 24.2 Å². The van der Waals surface area contributed by atoms with Gasteiger partial charge in [-0.05, 0) is 67.4 Å². The highest BCUT2D eigenvalue weighted by Crippen LogP contribution is 2.17. The Balaban J connectivity index is 1.67. The van der Waals surface area contributed by atoms with E-state index in [4.69, 9.17) is 15.9 Å². The van der Waals surface area contributed by atoms with Gasteiger partial charge in [-0.1, -0.05) is 48.0 Å². The molecule has 0 saturated heterocycles. The summed E-state index contributed by atoms with van der Waals surface area (Å²) in [4.78, 5) is 27.3. The van der Waals surface area contributed by atoms with Crippen molar-refractivity contribution >= 4 is 23.8 Å². The van der Waals surface area contributed by atoms with Gasteiger partial charge >= 0.3 is 5.97 Å². The maximum Gasteiger partial charge on any atom is 0.343 e. The fourth-order valence-corrected chi connectivity index (χ4v) is 3.43. The number of carbonyl (C=O) groups is 2. The number of hydrogen-bond acceptors (Lipinski definition) is 4. The lowest BCUT2D eigenvalue weighted by Gasteiger charge is -2.22. The zero-order chi connectivity index (χ0) is 25.4. The van der Waals surface area contributed by atoms with Gasteiger partial charge in [0.2, 0.25) is 5.91 Å². The van der Waals surface area contributed by atoms with Crippen LogP contribution in [-0.4, -0.2) is 29.2 Å². The maximum atomic E-state index is 13.1. The molecular weight excluding hydrogens is 438 g/mol. The van der Waals surface area contributed by atoms with E-state index >= 15 is 0 Å². The molecule has 0 radical (unpaired) electrons. The van der Waals surface area contributed by atoms with E-state index in [1.54, 1.807) is 72.5 Å². The number of carbonyl (C=O) groups excluding carboxylic acids is 2. The molecule has 3 aromatic carbocycles. The molecule has 3 rings (SSSR count). The quantitative estimate of drug-likeness (QED) is 0.114. The molecule has 0 heterocycles. The minimum atomic E-state index is -0.501. The minimum Gasteiger partial charge on any atom is -0.423 e. The average Bonchev–Trinajstić information content (AvgIpc) is 2.85. The number of amidine groups is 1. The van der Waals surface area contributed by atoms with E-state index in [2.05, 4.69) is 6.58 Å². The lowest BCUT2D eigenvalue weighted by atomic mass is 10.1. The zero-order valence-electron chi connectivity index (χ0n) is 20.0. The number of aryl methyl sites for hydroxylation is 1. The second kappa shape index (κ2) is 11.6. The highest BCUT2D eigenvalue weighted by molar-refractivity contribution is 5.98. The monoisotopic (exact) mass is 467 g/mol. The minimum absolute atomic E-state index is 0.0527. The van der Waals surface area contributed by atoms with Crippen LogP contribution in [0.25, 0.3) is 6.08 Å². The number of hydrogen-bond donors (Lipinski definition) is 2. The van der Waals surface area contributed by atoms with Gasteiger partial charge in [0.25, 0.3) is 0 Å². The van der Waals surface area contributed by atoms with Crippen molar-refractivity contribution < 1.29 is 14.3 Å².